The van der Waals surface area contributed by atoms with E-state index in [9.17, 15) is 4.79 Å². The minimum atomic E-state index is -0.0578. The summed E-state index contributed by atoms with van der Waals surface area (Å²) >= 11 is 0. The van der Waals surface area contributed by atoms with Gasteiger partial charge in [0, 0.05) is 50.0 Å². The van der Waals surface area contributed by atoms with E-state index in [1.165, 1.54) is 0 Å². The Bertz CT molecular complexity index is 870. The third-order valence-electron chi connectivity index (χ3n) is 4.80. The number of rotatable bonds is 12. The van der Waals surface area contributed by atoms with Crippen LogP contribution < -0.4 is 20.7 Å². The Labute approximate surface area is 191 Å². The Kier molecular flexibility index (Phi) is 11.1. The number of benzene rings is 2. The molecule has 0 saturated carbocycles. The zero-order valence-corrected chi connectivity index (χ0v) is 19.6. The first-order valence-corrected chi connectivity index (χ1v) is 11.2. The van der Waals surface area contributed by atoms with Gasteiger partial charge in [-0.3, -0.25) is 4.79 Å². The Hall–Kier alpha value is -3.06. The number of guanidine groups is 1. The van der Waals surface area contributed by atoms with Crippen molar-refractivity contribution in [2.45, 2.75) is 46.2 Å². The van der Waals surface area contributed by atoms with Crippen LogP contribution in [0.5, 0.6) is 5.75 Å². The summed E-state index contributed by atoms with van der Waals surface area (Å²) in [5.41, 5.74) is 2.50. The van der Waals surface area contributed by atoms with Gasteiger partial charge in [0.25, 0.3) is 5.91 Å². The number of nitrogens with one attached hydrogen (secondary N) is 3. The maximum absolute atomic E-state index is 12.4. The van der Waals surface area contributed by atoms with Crippen LogP contribution in [0.4, 0.5) is 5.69 Å². The Morgan fingerprint density at radius 1 is 1.09 bits per heavy atom. The van der Waals surface area contributed by atoms with E-state index < -0.39 is 0 Å². The van der Waals surface area contributed by atoms with E-state index in [1.54, 1.807) is 7.11 Å². The van der Waals surface area contributed by atoms with E-state index in [-0.39, 0.29) is 11.9 Å². The van der Waals surface area contributed by atoms with Crippen molar-refractivity contribution in [1.82, 2.24) is 10.6 Å². The van der Waals surface area contributed by atoms with Crippen molar-refractivity contribution in [2.24, 2.45) is 4.99 Å². The monoisotopic (exact) mass is 440 g/mol. The van der Waals surface area contributed by atoms with Gasteiger partial charge in [0.05, 0.1) is 13.2 Å². The van der Waals surface area contributed by atoms with Gasteiger partial charge in [-0.15, -0.1) is 0 Å². The molecule has 2 aromatic rings. The number of anilines is 1. The van der Waals surface area contributed by atoms with Crippen LogP contribution in [0, 0.1) is 0 Å². The molecule has 0 spiro atoms. The fraction of sp³-hybridized carbons (Fsp3) is 0.440. The molecule has 0 aromatic heterocycles. The van der Waals surface area contributed by atoms with Gasteiger partial charge in [0.2, 0.25) is 0 Å². The number of nitrogens with zero attached hydrogens (tertiary/aromatic N) is 1. The van der Waals surface area contributed by atoms with Gasteiger partial charge in [0.15, 0.2) is 5.96 Å². The molecule has 1 amide bonds. The molecule has 174 valence electrons. The summed E-state index contributed by atoms with van der Waals surface area (Å²) < 4.78 is 10.8. The molecule has 0 aliphatic heterocycles. The SMILES string of the molecule is CCNC(=NCc1cccc(C(=O)NC(C)CC)c1)Nc1cccc(OCCCOC)c1. The molecule has 0 bridgehead atoms. The first-order valence-electron chi connectivity index (χ1n) is 11.2. The molecule has 0 radical (unpaired) electrons. The molecule has 2 aromatic carbocycles. The molecular formula is C25H36N4O3. The predicted octanol–water partition coefficient (Wildman–Crippen LogP) is 4.21. The smallest absolute Gasteiger partial charge is 0.251 e. The fourth-order valence-electron chi connectivity index (χ4n) is 2.89. The standard InChI is InChI=1S/C25H36N4O3/c1-5-19(3)28-24(30)21-11-7-10-20(16-21)18-27-25(26-6-2)29-22-12-8-13-23(17-22)32-15-9-14-31-4/h7-8,10-13,16-17,19H,5-6,9,14-15,18H2,1-4H3,(H,28,30)(H2,26,27,29). The molecule has 0 aliphatic rings. The summed E-state index contributed by atoms with van der Waals surface area (Å²) in [4.78, 5) is 17.1. The number of carbonyl (C=O) groups excluding carboxylic acids is 1. The molecule has 1 unspecified atom stereocenters. The Morgan fingerprint density at radius 2 is 1.91 bits per heavy atom. The van der Waals surface area contributed by atoms with E-state index in [0.717, 1.165) is 36.4 Å². The van der Waals surface area contributed by atoms with Gasteiger partial charge in [-0.2, -0.15) is 0 Å². The topological polar surface area (TPSA) is 84.0 Å². The maximum Gasteiger partial charge on any atom is 0.251 e. The second-order valence-corrected chi connectivity index (χ2v) is 7.53. The van der Waals surface area contributed by atoms with Crippen molar-refractivity contribution < 1.29 is 14.3 Å². The van der Waals surface area contributed by atoms with Gasteiger partial charge in [-0.25, -0.2) is 4.99 Å². The number of ether oxygens (including phenoxy) is 2. The van der Waals surface area contributed by atoms with Gasteiger partial charge in [0.1, 0.15) is 5.75 Å². The largest absolute Gasteiger partial charge is 0.493 e. The van der Waals surface area contributed by atoms with E-state index in [2.05, 4.69) is 27.9 Å². The number of methoxy groups -OCH3 is 1. The molecular weight excluding hydrogens is 404 g/mol. The summed E-state index contributed by atoms with van der Waals surface area (Å²) in [6, 6.07) is 15.5. The van der Waals surface area contributed by atoms with Crippen molar-refractivity contribution in [1.29, 1.82) is 0 Å². The molecule has 0 fully saturated rings. The molecule has 0 saturated heterocycles. The van der Waals surface area contributed by atoms with Crippen LogP contribution in [-0.2, 0) is 11.3 Å². The average Bonchev–Trinajstić information content (AvgIpc) is 2.81. The summed E-state index contributed by atoms with van der Waals surface area (Å²) in [5, 5.41) is 9.57. The molecule has 7 nitrogen and oxygen atoms in total. The zero-order valence-electron chi connectivity index (χ0n) is 19.6. The Balaban J connectivity index is 2.03. The quantitative estimate of drug-likeness (QED) is 0.262. The molecule has 32 heavy (non-hydrogen) atoms. The minimum Gasteiger partial charge on any atom is -0.493 e. The van der Waals surface area contributed by atoms with Crippen LogP contribution in [0.1, 0.15) is 49.5 Å². The van der Waals surface area contributed by atoms with Gasteiger partial charge >= 0.3 is 0 Å². The third kappa shape index (κ3) is 8.98. The number of hydrogen-bond acceptors (Lipinski definition) is 4. The van der Waals surface area contributed by atoms with E-state index in [0.29, 0.717) is 31.3 Å². The zero-order chi connectivity index (χ0) is 23.2. The third-order valence-corrected chi connectivity index (χ3v) is 4.80. The highest BCUT2D eigenvalue weighted by Crippen LogP contribution is 2.17. The summed E-state index contributed by atoms with van der Waals surface area (Å²) in [7, 11) is 1.68. The van der Waals surface area contributed by atoms with Crippen LogP contribution in [0.25, 0.3) is 0 Å². The average molecular weight is 441 g/mol. The lowest BCUT2D eigenvalue weighted by atomic mass is 10.1. The summed E-state index contributed by atoms with van der Waals surface area (Å²) in [6.07, 6.45) is 1.74. The number of amides is 1. The fourth-order valence-corrected chi connectivity index (χ4v) is 2.89. The van der Waals surface area contributed by atoms with Gasteiger partial charge in [-0.05, 0) is 50.1 Å². The minimum absolute atomic E-state index is 0.0578. The Morgan fingerprint density at radius 3 is 2.66 bits per heavy atom. The summed E-state index contributed by atoms with van der Waals surface area (Å²) in [5.74, 6) is 1.40. The van der Waals surface area contributed by atoms with Gasteiger partial charge in [-0.1, -0.05) is 25.1 Å². The molecule has 3 N–H and O–H groups in total. The van der Waals surface area contributed by atoms with Crippen molar-refractivity contribution >= 4 is 17.6 Å². The first kappa shape index (κ1) is 25.2. The van der Waals surface area contributed by atoms with Crippen molar-refractivity contribution in [2.75, 3.05) is 32.2 Å². The molecule has 2 rings (SSSR count). The number of aliphatic imine (C=N–C) groups is 1. The van der Waals surface area contributed by atoms with Crippen LogP contribution in [0.2, 0.25) is 0 Å². The predicted molar refractivity (Wildman–Crippen MR) is 131 cm³/mol. The van der Waals surface area contributed by atoms with Crippen molar-refractivity contribution in [3.05, 3.63) is 59.7 Å². The second-order valence-electron chi connectivity index (χ2n) is 7.53. The normalized spacial score (nSPS) is 12.2. The van der Waals surface area contributed by atoms with Gasteiger partial charge < -0.3 is 25.4 Å². The lowest BCUT2D eigenvalue weighted by molar-refractivity contribution is 0.0939. The highest BCUT2D eigenvalue weighted by Gasteiger charge is 2.09. The highest BCUT2D eigenvalue weighted by atomic mass is 16.5. The van der Waals surface area contributed by atoms with E-state index in [1.807, 2.05) is 62.4 Å². The van der Waals surface area contributed by atoms with Crippen LogP contribution in [-0.4, -0.2) is 44.8 Å². The van der Waals surface area contributed by atoms with Crippen molar-refractivity contribution in [3.8, 4) is 5.75 Å². The molecule has 0 heterocycles. The first-order chi connectivity index (χ1) is 15.5. The van der Waals surface area contributed by atoms with Crippen molar-refractivity contribution in [3.63, 3.8) is 0 Å². The van der Waals surface area contributed by atoms with E-state index >= 15 is 0 Å². The maximum atomic E-state index is 12.4. The van der Waals surface area contributed by atoms with Crippen LogP contribution in [0.3, 0.4) is 0 Å². The lowest BCUT2D eigenvalue weighted by Gasteiger charge is -2.13. The molecule has 0 aliphatic carbocycles. The van der Waals surface area contributed by atoms with Crippen LogP contribution >= 0.6 is 0 Å². The number of hydrogen-bond donors (Lipinski definition) is 3. The molecule has 1 atom stereocenters. The van der Waals surface area contributed by atoms with E-state index in [4.69, 9.17) is 9.47 Å². The summed E-state index contributed by atoms with van der Waals surface area (Å²) in [6.45, 7) is 8.53. The highest BCUT2D eigenvalue weighted by molar-refractivity contribution is 5.95. The lowest BCUT2D eigenvalue weighted by Crippen LogP contribution is -2.32. The second kappa shape index (κ2) is 14.1. The van der Waals surface area contributed by atoms with Crippen LogP contribution in [0.15, 0.2) is 53.5 Å². The molecule has 7 heteroatoms. The number of carbonyl (C=O) groups is 1.